The maximum Gasteiger partial charge on any atom is 0.255 e. The summed E-state index contributed by atoms with van der Waals surface area (Å²) in [7, 11) is 0. The van der Waals surface area contributed by atoms with E-state index in [0.29, 0.717) is 34.7 Å². The molecule has 0 spiro atoms. The molecule has 0 atom stereocenters. The Bertz CT molecular complexity index is 1020. The maximum absolute atomic E-state index is 13.7. The Hall–Kier alpha value is -3.67. The topological polar surface area (TPSA) is 67.4 Å². The van der Waals surface area contributed by atoms with Gasteiger partial charge in [-0.25, -0.2) is 4.39 Å². The third kappa shape index (κ3) is 5.19. The molecule has 5 nitrogen and oxygen atoms in total. The highest BCUT2D eigenvalue weighted by Crippen LogP contribution is 2.24. The van der Waals surface area contributed by atoms with Gasteiger partial charge in [-0.3, -0.25) is 9.59 Å². The molecule has 2 N–H and O–H groups in total. The van der Waals surface area contributed by atoms with Crippen molar-refractivity contribution in [1.29, 1.82) is 0 Å². The largest absolute Gasteiger partial charge is 0.492 e. The Balaban J connectivity index is 1.69. The molecule has 3 rings (SSSR count). The van der Waals surface area contributed by atoms with E-state index < -0.39 is 5.91 Å². The SMILES string of the molecule is CCOc1ccccc1NC(=O)c1cccc(C(=O)NCc2ccccc2F)c1. The fraction of sp³-hybridized carbons (Fsp3) is 0.130. The van der Waals surface area contributed by atoms with Crippen LogP contribution < -0.4 is 15.4 Å². The fourth-order valence-electron chi connectivity index (χ4n) is 2.77. The second-order valence-corrected chi connectivity index (χ2v) is 6.24. The third-order valence-corrected chi connectivity index (χ3v) is 4.22. The number of carbonyl (C=O) groups excluding carboxylic acids is 2. The van der Waals surface area contributed by atoms with Gasteiger partial charge in [0.2, 0.25) is 0 Å². The molecule has 0 aliphatic rings. The van der Waals surface area contributed by atoms with E-state index in [-0.39, 0.29) is 18.3 Å². The van der Waals surface area contributed by atoms with Crippen molar-refractivity contribution in [2.24, 2.45) is 0 Å². The third-order valence-electron chi connectivity index (χ3n) is 4.22. The lowest BCUT2D eigenvalue weighted by Gasteiger charge is -2.12. The van der Waals surface area contributed by atoms with Gasteiger partial charge in [0.05, 0.1) is 12.3 Å². The normalized spacial score (nSPS) is 10.3. The zero-order valence-corrected chi connectivity index (χ0v) is 15.9. The zero-order chi connectivity index (χ0) is 20.6. The predicted molar refractivity (Wildman–Crippen MR) is 110 cm³/mol. The van der Waals surface area contributed by atoms with Crippen molar-refractivity contribution >= 4 is 17.5 Å². The molecule has 0 aliphatic carbocycles. The first-order chi connectivity index (χ1) is 14.1. The average molecular weight is 392 g/mol. The molecule has 0 radical (unpaired) electrons. The summed E-state index contributed by atoms with van der Waals surface area (Å²) < 4.78 is 19.2. The van der Waals surface area contributed by atoms with Gasteiger partial charge in [0.15, 0.2) is 0 Å². The molecule has 0 saturated carbocycles. The Morgan fingerprint density at radius 1 is 0.897 bits per heavy atom. The molecule has 6 heteroatoms. The first-order valence-corrected chi connectivity index (χ1v) is 9.23. The molecule has 29 heavy (non-hydrogen) atoms. The zero-order valence-electron chi connectivity index (χ0n) is 15.9. The fourth-order valence-corrected chi connectivity index (χ4v) is 2.77. The Labute approximate surface area is 168 Å². The van der Waals surface area contributed by atoms with Gasteiger partial charge in [0.1, 0.15) is 11.6 Å². The van der Waals surface area contributed by atoms with Gasteiger partial charge in [-0.2, -0.15) is 0 Å². The second-order valence-electron chi connectivity index (χ2n) is 6.24. The van der Waals surface area contributed by atoms with Crippen molar-refractivity contribution in [2.75, 3.05) is 11.9 Å². The van der Waals surface area contributed by atoms with Crippen molar-refractivity contribution in [1.82, 2.24) is 5.32 Å². The molecular weight excluding hydrogens is 371 g/mol. The second kappa shape index (κ2) is 9.50. The Kier molecular flexibility index (Phi) is 6.58. The van der Waals surface area contributed by atoms with Gasteiger partial charge in [-0.1, -0.05) is 36.4 Å². The summed E-state index contributed by atoms with van der Waals surface area (Å²) in [5.74, 6) is -0.561. The number of hydrogen-bond acceptors (Lipinski definition) is 3. The summed E-state index contributed by atoms with van der Waals surface area (Å²) >= 11 is 0. The van der Waals surface area contributed by atoms with Gasteiger partial charge < -0.3 is 15.4 Å². The number of benzene rings is 3. The maximum atomic E-state index is 13.7. The molecule has 148 valence electrons. The standard InChI is InChI=1S/C23H21FN2O3/c1-2-29-21-13-6-5-12-20(21)26-23(28)17-10-7-9-16(14-17)22(27)25-15-18-8-3-4-11-19(18)24/h3-14H,2,15H2,1H3,(H,25,27)(H,26,28). The summed E-state index contributed by atoms with van der Waals surface area (Å²) in [6, 6.07) is 19.7. The monoisotopic (exact) mass is 392 g/mol. The summed E-state index contributed by atoms with van der Waals surface area (Å²) in [4.78, 5) is 25.0. The smallest absolute Gasteiger partial charge is 0.255 e. The van der Waals surface area contributed by atoms with Crippen molar-refractivity contribution in [3.63, 3.8) is 0 Å². The number of ether oxygens (including phenoxy) is 1. The van der Waals surface area contributed by atoms with Crippen molar-refractivity contribution in [3.8, 4) is 5.75 Å². The van der Waals surface area contributed by atoms with E-state index >= 15 is 0 Å². The highest BCUT2D eigenvalue weighted by molar-refractivity contribution is 6.06. The van der Waals surface area contributed by atoms with Crippen molar-refractivity contribution in [2.45, 2.75) is 13.5 Å². The molecule has 0 fully saturated rings. The molecule has 3 aromatic carbocycles. The van der Waals surface area contributed by atoms with Crippen LogP contribution in [0.25, 0.3) is 0 Å². The minimum Gasteiger partial charge on any atom is -0.492 e. The summed E-state index contributed by atoms with van der Waals surface area (Å²) in [5.41, 5.74) is 1.58. The number of hydrogen-bond donors (Lipinski definition) is 2. The number of nitrogens with one attached hydrogen (secondary N) is 2. The summed E-state index contributed by atoms with van der Waals surface area (Å²) in [6.07, 6.45) is 0. The molecule has 3 aromatic rings. The molecule has 0 aromatic heterocycles. The van der Waals surface area contributed by atoms with Crippen LogP contribution in [0.5, 0.6) is 5.75 Å². The van der Waals surface area contributed by atoms with E-state index in [2.05, 4.69) is 10.6 Å². The molecule has 2 amide bonds. The molecule has 0 unspecified atom stereocenters. The highest BCUT2D eigenvalue weighted by Gasteiger charge is 2.13. The quantitative estimate of drug-likeness (QED) is 0.626. The van der Waals surface area contributed by atoms with Crippen LogP contribution in [0.15, 0.2) is 72.8 Å². The minimum atomic E-state index is -0.391. The van der Waals surface area contributed by atoms with Crippen LogP contribution in [0.3, 0.4) is 0 Å². The van der Waals surface area contributed by atoms with E-state index in [1.807, 2.05) is 13.0 Å². The first-order valence-electron chi connectivity index (χ1n) is 9.23. The van der Waals surface area contributed by atoms with Crippen LogP contribution in [0.1, 0.15) is 33.2 Å². The van der Waals surface area contributed by atoms with E-state index in [9.17, 15) is 14.0 Å². The van der Waals surface area contributed by atoms with Gasteiger partial charge in [0.25, 0.3) is 11.8 Å². The molecule has 0 bridgehead atoms. The van der Waals surface area contributed by atoms with Crippen LogP contribution >= 0.6 is 0 Å². The van der Waals surface area contributed by atoms with E-state index in [0.717, 1.165) is 0 Å². The lowest BCUT2D eigenvalue weighted by Crippen LogP contribution is -2.24. The number of rotatable bonds is 7. The lowest BCUT2D eigenvalue weighted by atomic mass is 10.1. The molecular formula is C23H21FN2O3. The average Bonchev–Trinajstić information content (AvgIpc) is 2.74. The van der Waals surface area contributed by atoms with Gasteiger partial charge in [-0.15, -0.1) is 0 Å². The van der Waals surface area contributed by atoms with Crippen LogP contribution in [-0.2, 0) is 6.54 Å². The summed E-state index contributed by atoms with van der Waals surface area (Å²) in [6.45, 7) is 2.40. The van der Waals surface area contributed by atoms with Crippen molar-refractivity contribution in [3.05, 3.63) is 95.3 Å². The molecule has 0 aliphatic heterocycles. The van der Waals surface area contributed by atoms with Crippen LogP contribution in [0.2, 0.25) is 0 Å². The number of carbonyl (C=O) groups is 2. The van der Waals surface area contributed by atoms with Gasteiger partial charge >= 0.3 is 0 Å². The van der Waals surface area contributed by atoms with E-state index in [1.54, 1.807) is 54.6 Å². The van der Waals surface area contributed by atoms with E-state index in [4.69, 9.17) is 4.74 Å². The lowest BCUT2D eigenvalue weighted by molar-refractivity contribution is 0.0950. The number of halogens is 1. The first kappa shape index (κ1) is 20.1. The highest BCUT2D eigenvalue weighted by atomic mass is 19.1. The summed E-state index contributed by atoms with van der Waals surface area (Å²) in [5, 5.41) is 5.46. The minimum absolute atomic E-state index is 0.0592. The Morgan fingerprint density at radius 2 is 1.59 bits per heavy atom. The van der Waals surface area contributed by atoms with Gasteiger partial charge in [0, 0.05) is 23.2 Å². The molecule has 0 saturated heterocycles. The Morgan fingerprint density at radius 3 is 2.34 bits per heavy atom. The van der Waals surface area contributed by atoms with Crippen molar-refractivity contribution < 1.29 is 18.7 Å². The van der Waals surface area contributed by atoms with Gasteiger partial charge in [-0.05, 0) is 43.3 Å². The number of para-hydroxylation sites is 2. The number of anilines is 1. The molecule has 0 heterocycles. The van der Waals surface area contributed by atoms with Crippen LogP contribution in [-0.4, -0.2) is 18.4 Å². The van der Waals surface area contributed by atoms with E-state index in [1.165, 1.54) is 12.1 Å². The van der Waals surface area contributed by atoms with Crippen LogP contribution in [0, 0.1) is 5.82 Å². The van der Waals surface area contributed by atoms with Crippen LogP contribution in [0.4, 0.5) is 10.1 Å². The number of amides is 2. The predicted octanol–water partition coefficient (Wildman–Crippen LogP) is 4.41.